The summed E-state index contributed by atoms with van der Waals surface area (Å²) in [5.74, 6) is 0.993. The summed E-state index contributed by atoms with van der Waals surface area (Å²) >= 11 is 1.53. The molecule has 88 valence electrons. The number of amides is 2. The molecule has 3 N–H and O–H groups in total. The number of halogens is 1. The standard InChI is InChI=1S/C8H15N3O2S.ClH/c1-6(2-9)10-7(12)3-11-5-14-4-8(11)13;/h6H,2-5,9H2,1H3,(H,10,12);1H/t6-;/m0./s1. The van der Waals surface area contributed by atoms with Crippen molar-refractivity contribution in [2.75, 3.05) is 24.7 Å². The van der Waals surface area contributed by atoms with Crippen LogP contribution in [-0.4, -0.2) is 47.5 Å². The predicted molar refractivity (Wildman–Crippen MR) is 62.9 cm³/mol. The van der Waals surface area contributed by atoms with Crippen molar-refractivity contribution in [3.8, 4) is 0 Å². The van der Waals surface area contributed by atoms with Crippen molar-refractivity contribution >= 4 is 36.0 Å². The molecule has 15 heavy (non-hydrogen) atoms. The Hall–Kier alpha value is -0.460. The molecule has 0 saturated carbocycles. The van der Waals surface area contributed by atoms with E-state index in [0.717, 1.165) is 0 Å². The molecule has 0 spiro atoms. The van der Waals surface area contributed by atoms with E-state index in [1.165, 1.54) is 11.8 Å². The second-order valence-corrected chi connectivity index (χ2v) is 4.23. The topological polar surface area (TPSA) is 75.4 Å². The highest BCUT2D eigenvalue weighted by Crippen LogP contribution is 2.13. The molecule has 1 fully saturated rings. The summed E-state index contributed by atoms with van der Waals surface area (Å²) in [6, 6.07) is -0.0344. The molecule has 1 rings (SSSR count). The van der Waals surface area contributed by atoms with Gasteiger partial charge in [0.05, 0.1) is 11.6 Å². The number of nitrogens with one attached hydrogen (secondary N) is 1. The van der Waals surface area contributed by atoms with Gasteiger partial charge in [0.15, 0.2) is 0 Å². The molecule has 7 heteroatoms. The Morgan fingerprint density at radius 3 is 2.87 bits per heavy atom. The van der Waals surface area contributed by atoms with Gasteiger partial charge in [-0.25, -0.2) is 0 Å². The molecule has 5 nitrogen and oxygen atoms in total. The SMILES string of the molecule is C[C@@H](CN)NC(=O)CN1CSCC1=O.Cl. The van der Waals surface area contributed by atoms with Crippen LogP contribution in [0.3, 0.4) is 0 Å². The van der Waals surface area contributed by atoms with Crippen molar-refractivity contribution in [3.63, 3.8) is 0 Å². The summed E-state index contributed by atoms with van der Waals surface area (Å²) in [7, 11) is 0. The highest BCUT2D eigenvalue weighted by Gasteiger charge is 2.22. The summed E-state index contributed by atoms with van der Waals surface area (Å²) in [5.41, 5.74) is 5.36. The van der Waals surface area contributed by atoms with Gasteiger partial charge in [-0.05, 0) is 6.92 Å². The summed E-state index contributed by atoms with van der Waals surface area (Å²) < 4.78 is 0. The minimum absolute atomic E-state index is 0. The van der Waals surface area contributed by atoms with Crippen LogP contribution in [-0.2, 0) is 9.59 Å². The largest absolute Gasteiger partial charge is 0.351 e. The van der Waals surface area contributed by atoms with Gasteiger partial charge >= 0.3 is 0 Å². The van der Waals surface area contributed by atoms with Crippen LogP contribution in [0, 0.1) is 0 Å². The first-order chi connectivity index (χ1) is 6.63. The lowest BCUT2D eigenvalue weighted by atomic mass is 10.3. The van der Waals surface area contributed by atoms with Crippen LogP contribution in [0.1, 0.15) is 6.92 Å². The molecule has 1 saturated heterocycles. The molecule has 1 atom stereocenters. The fourth-order valence-corrected chi connectivity index (χ4v) is 2.00. The van der Waals surface area contributed by atoms with E-state index in [0.29, 0.717) is 18.2 Å². The van der Waals surface area contributed by atoms with E-state index in [4.69, 9.17) is 5.73 Å². The lowest BCUT2D eigenvalue weighted by molar-refractivity contribution is -0.132. The number of carbonyl (C=O) groups is 2. The number of hydrogen-bond acceptors (Lipinski definition) is 4. The molecular formula is C8H16ClN3O2S. The first-order valence-corrected chi connectivity index (χ1v) is 5.64. The fourth-order valence-electron chi connectivity index (χ4n) is 1.09. The van der Waals surface area contributed by atoms with Crippen LogP contribution in [0.25, 0.3) is 0 Å². The molecule has 1 aliphatic rings. The lowest BCUT2D eigenvalue weighted by Crippen LogP contribution is -2.44. The quantitative estimate of drug-likeness (QED) is 0.702. The summed E-state index contributed by atoms with van der Waals surface area (Å²) in [6.45, 7) is 2.39. The number of rotatable bonds is 4. The van der Waals surface area contributed by atoms with E-state index < -0.39 is 0 Å². The Labute approximate surface area is 99.5 Å². The minimum Gasteiger partial charge on any atom is -0.351 e. The highest BCUT2D eigenvalue weighted by atomic mass is 35.5. The van der Waals surface area contributed by atoms with Crippen LogP contribution in [0.5, 0.6) is 0 Å². The second kappa shape index (κ2) is 6.92. The Bertz CT molecular complexity index is 240. The van der Waals surface area contributed by atoms with Gasteiger partial charge in [0, 0.05) is 12.6 Å². The first-order valence-electron chi connectivity index (χ1n) is 4.48. The van der Waals surface area contributed by atoms with Gasteiger partial charge in [0.1, 0.15) is 6.54 Å². The van der Waals surface area contributed by atoms with E-state index >= 15 is 0 Å². The van der Waals surface area contributed by atoms with Gasteiger partial charge in [-0.1, -0.05) is 0 Å². The smallest absolute Gasteiger partial charge is 0.239 e. The van der Waals surface area contributed by atoms with Crippen molar-refractivity contribution < 1.29 is 9.59 Å². The van der Waals surface area contributed by atoms with Crippen molar-refractivity contribution in [3.05, 3.63) is 0 Å². The molecule has 1 aliphatic heterocycles. The van der Waals surface area contributed by atoms with Crippen molar-refractivity contribution in [1.82, 2.24) is 10.2 Å². The van der Waals surface area contributed by atoms with E-state index in [1.807, 2.05) is 6.92 Å². The number of carbonyl (C=O) groups excluding carboxylic acids is 2. The van der Waals surface area contributed by atoms with Crippen molar-refractivity contribution in [2.24, 2.45) is 5.73 Å². The maximum Gasteiger partial charge on any atom is 0.239 e. The van der Waals surface area contributed by atoms with Crippen molar-refractivity contribution in [2.45, 2.75) is 13.0 Å². The lowest BCUT2D eigenvalue weighted by Gasteiger charge is -2.16. The third kappa shape index (κ3) is 4.72. The molecule has 0 unspecified atom stereocenters. The zero-order valence-electron chi connectivity index (χ0n) is 8.56. The van der Waals surface area contributed by atoms with Gasteiger partial charge < -0.3 is 16.0 Å². The number of nitrogens with two attached hydrogens (primary N) is 1. The van der Waals surface area contributed by atoms with Gasteiger partial charge in [0.2, 0.25) is 11.8 Å². The Morgan fingerprint density at radius 1 is 1.73 bits per heavy atom. The molecule has 0 radical (unpaired) electrons. The van der Waals surface area contributed by atoms with Crippen molar-refractivity contribution in [1.29, 1.82) is 0 Å². The average molecular weight is 254 g/mol. The normalized spacial score (nSPS) is 17.2. The Morgan fingerprint density at radius 2 is 2.40 bits per heavy atom. The molecule has 0 aromatic carbocycles. The maximum absolute atomic E-state index is 11.3. The molecule has 0 aliphatic carbocycles. The monoisotopic (exact) mass is 253 g/mol. The van der Waals surface area contributed by atoms with Crippen LogP contribution >= 0.6 is 24.2 Å². The van der Waals surface area contributed by atoms with Gasteiger partial charge in [0.25, 0.3) is 0 Å². The van der Waals surface area contributed by atoms with E-state index in [9.17, 15) is 9.59 Å². The summed E-state index contributed by atoms with van der Waals surface area (Å²) in [5, 5.41) is 2.71. The van der Waals surface area contributed by atoms with E-state index in [1.54, 1.807) is 4.90 Å². The number of thioether (sulfide) groups is 1. The molecule has 1 heterocycles. The minimum atomic E-state index is -0.140. The average Bonchev–Trinajstić information content (AvgIpc) is 2.51. The summed E-state index contributed by atoms with van der Waals surface area (Å²) in [4.78, 5) is 24.1. The molecule has 0 aromatic heterocycles. The second-order valence-electron chi connectivity index (χ2n) is 3.27. The summed E-state index contributed by atoms with van der Waals surface area (Å²) in [6.07, 6.45) is 0. The third-order valence-corrected chi connectivity index (χ3v) is 2.87. The zero-order chi connectivity index (χ0) is 10.6. The van der Waals surface area contributed by atoms with Crippen LogP contribution in [0.2, 0.25) is 0 Å². The first kappa shape index (κ1) is 14.5. The number of hydrogen-bond donors (Lipinski definition) is 2. The Kier molecular flexibility index (Phi) is 6.71. The van der Waals surface area contributed by atoms with Gasteiger partial charge in [-0.2, -0.15) is 0 Å². The predicted octanol–water partition coefficient (Wildman–Crippen LogP) is -0.595. The van der Waals surface area contributed by atoms with E-state index in [2.05, 4.69) is 5.32 Å². The van der Waals surface area contributed by atoms with Gasteiger partial charge in [-0.15, -0.1) is 24.2 Å². The molecular weight excluding hydrogens is 238 g/mol. The van der Waals surface area contributed by atoms with Crippen LogP contribution in [0.15, 0.2) is 0 Å². The molecule has 0 aromatic rings. The highest BCUT2D eigenvalue weighted by molar-refractivity contribution is 8.00. The zero-order valence-corrected chi connectivity index (χ0v) is 10.2. The van der Waals surface area contributed by atoms with Crippen LogP contribution in [0.4, 0.5) is 0 Å². The number of nitrogens with zero attached hydrogens (tertiary/aromatic N) is 1. The molecule has 2 amide bonds. The van der Waals surface area contributed by atoms with Crippen LogP contribution < -0.4 is 11.1 Å². The van der Waals surface area contributed by atoms with E-state index in [-0.39, 0.29) is 36.8 Å². The third-order valence-electron chi connectivity index (χ3n) is 1.92. The molecule has 0 bridgehead atoms. The Balaban J connectivity index is 0.00000196. The fraction of sp³-hybridized carbons (Fsp3) is 0.750. The van der Waals surface area contributed by atoms with Gasteiger partial charge in [-0.3, -0.25) is 9.59 Å². The maximum atomic E-state index is 11.3.